The van der Waals surface area contributed by atoms with E-state index in [4.69, 9.17) is 27.9 Å². The molecule has 0 aromatic heterocycles. The van der Waals surface area contributed by atoms with E-state index in [1.165, 1.54) is 18.2 Å². The summed E-state index contributed by atoms with van der Waals surface area (Å²) >= 11 is 11.6. The van der Waals surface area contributed by atoms with E-state index in [0.717, 1.165) is 18.2 Å². The number of esters is 1. The number of carbonyl (C=O) groups is 2. The Hall–Kier alpha value is -2.25. The van der Waals surface area contributed by atoms with E-state index in [0.29, 0.717) is 11.1 Å². The topological polar surface area (TPSA) is 55.4 Å². The van der Waals surface area contributed by atoms with Crippen molar-refractivity contribution >= 4 is 40.8 Å². The minimum Gasteiger partial charge on any atom is -0.452 e. The fraction of sp³-hybridized carbons (Fsp3) is 0.125. The Morgan fingerprint density at radius 3 is 2.48 bits per heavy atom. The lowest BCUT2D eigenvalue weighted by Gasteiger charge is -2.10. The number of rotatable bonds is 4. The largest absolute Gasteiger partial charge is 0.452 e. The van der Waals surface area contributed by atoms with E-state index < -0.39 is 30.2 Å². The van der Waals surface area contributed by atoms with Gasteiger partial charge in [-0.25, -0.2) is 4.79 Å². The molecule has 0 aliphatic carbocycles. The number of amides is 1. The number of hydrogen-bond acceptors (Lipinski definition) is 3. The highest BCUT2D eigenvalue weighted by Gasteiger charge is 2.31. The van der Waals surface area contributed by atoms with Crippen LogP contribution in [0, 0.1) is 0 Å². The van der Waals surface area contributed by atoms with Gasteiger partial charge in [-0.2, -0.15) is 13.2 Å². The molecule has 2 rings (SSSR count). The molecule has 1 N–H and O–H groups in total. The van der Waals surface area contributed by atoms with Gasteiger partial charge in [0.2, 0.25) is 0 Å². The molecule has 0 radical (unpaired) electrons. The summed E-state index contributed by atoms with van der Waals surface area (Å²) in [6.45, 7) is -0.697. The van der Waals surface area contributed by atoms with Crippen LogP contribution < -0.4 is 5.32 Å². The molecule has 9 heteroatoms. The Balaban J connectivity index is 1.98. The summed E-state index contributed by atoms with van der Waals surface area (Å²) in [6.07, 6.45) is -4.59. The molecule has 0 bridgehead atoms. The first-order chi connectivity index (χ1) is 11.7. The highest BCUT2D eigenvalue weighted by atomic mass is 35.5. The monoisotopic (exact) mass is 391 g/mol. The molecule has 0 saturated carbocycles. The Labute approximate surface area is 150 Å². The molecule has 1 amide bonds. The lowest BCUT2D eigenvalue weighted by atomic mass is 10.1. The standard InChI is InChI=1S/C16H10Cl2F3NO3/c17-11-4-5-12(18)13(7-11)22-14(23)8-25-15(24)9-2-1-3-10(6-9)16(19,20)21/h1-7H,8H2,(H,22,23). The highest BCUT2D eigenvalue weighted by Crippen LogP contribution is 2.29. The zero-order chi connectivity index (χ0) is 18.6. The predicted octanol–water partition coefficient (Wildman–Crippen LogP) is 4.81. The van der Waals surface area contributed by atoms with Crippen LogP contribution in [0.4, 0.5) is 18.9 Å². The second kappa shape index (κ2) is 7.76. The van der Waals surface area contributed by atoms with Crippen LogP contribution in [0.3, 0.4) is 0 Å². The van der Waals surface area contributed by atoms with Crippen molar-refractivity contribution in [2.24, 2.45) is 0 Å². The van der Waals surface area contributed by atoms with Gasteiger partial charge in [0.25, 0.3) is 5.91 Å². The van der Waals surface area contributed by atoms with Crippen LogP contribution in [0.5, 0.6) is 0 Å². The molecule has 2 aromatic rings. The van der Waals surface area contributed by atoms with Crippen molar-refractivity contribution in [1.82, 2.24) is 0 Å². The number of carbonyl (C=O) groups excluding carboxylic acids is 2. The van der Waals surface area contributed by atoms with Gasteiger partial charge in [-0.05, 0) is 36.4 Å². The zero-order valence-electron chi connectivity index (χ0n) is 12.4. The van der Waals surface area contributed by atoms with Gasteiger partial charge in [-0.3, -0.25) is 4.79 Å². The summed E-state index contributed by atoms with van der Waals surface area (Å²) in [5.41, 5.74) is -1.09. The fourth-order valence-corrected chi connectivity index (χ4v) is 2.15. The summed E-state index contributed by atoms with van der Waals surface area (Å²) in [6, 6.07) is 8.09. The highest BCUT2D eigenvalue weighted by molar-refractivity contribution is 6.35. The minimum atomic E-state index is -4.59. The van der Waals surface area contributed by atoms with Crippen LogP contribution in [0.25, 0.3) is 0 Å². The zero-order valence-corrected chi connectivity index (χ0v) is 13.9. The lowest BCUT2D eigenvalue weighted by molar-refractivity contribution is -0.137. The average Bonchev–Trinajstić information content (AvgIpc) is 2.55. The van der Waals surface area contributed by atoms with Crippen LogP contribution in [0.1, 0.15) is 15.9 Å². The molecule has 0 spiro atoms. The molecular formula is C16H10Cl2F3NO3. The third-order valence-electron chi connectivity index (χ3n) is 2.96. The Morgan fingerprint density at radius 2 is 1.80 bits per heavy atom. The predicted molar refractivity (Wildman–Crippen MR) is 86.8 cm³/mol. The molecule has 0 heterocycles. The number of halogens is 5. The van der Waals surface area contributed by atoms with E-state index in [2.05, 4.69) is 5.32 Å². The second-order valence-electron chi connectivity index (χ2n) is 4.83. The van der Waals surface area contributed by atoms with Crippen molar-refractivity contribution in [1.29, 1.82) is 0 Å². The Kier molecular flexibility index (Phi) is 5.92. The maximum atomic E-state index is 12.6. The third kappa shape index (κ3) is 5.37. The average molecular weight is 392 g/mol. The van der Waals surface area contributed by atoms with Gasteiger partial charge < -0.3 is 10.1 Å². The number of benzene rings is 2. The quantitative estimate of drug-likeness (QED) is 0.761. The first kappa shape index (κ1) is 19.1. The second-order valence-corrected chi connectivity index (χ2v) is 5.67. The number of ether oxygens (including phenoxy) is 1. The molecule has 0 atom stereocenters. The molecule has 0 unspecified atom stereocenters. The molecule has 0 fully saturated rings. The molecule has 0 aliphatic heterocycles. The van der Waals surface area contributed by atoms with Gasteiger partial charge in [0.15, 0.2) is 6.61 Å². The molecule has 4 nitrogen and oxygen atoms in total. The molecule has 0 saturated heterocycles. The van der Waals surface area contributed by atoms with Crippen LogP contribution in [0.15, 0.2) is 42.5 Å². The van der Waals surface area contributed by atoms with Gasteiger partial charge in [0, 0.05) is 5.02 Å². The van der Waals surface area contributed by atoms with Crippen LogP contribution in [-0.4, -0.2) is 18.5 Å². The van der Waals surface area contributed by atoms with Gasteiger partial charge in [0.05, 0.1) is 21.8 Å². The summed E-state index contributed by atoms with van der Waals surface area (Å²) in [5, 5.41) is 2.94. The van der Waals surface area contributed by atoms with E-state index in [-0.39, 0.29) is 16.3 Å². The van der Waals surface area contributed by atoms with E-state index in [9.17, 15) is 22.8 Å². The normalized spacial score (nSPS) is 11.1. The van der Waals surface area contributed by atoms with Crippen LogP contribution in [-0.2, 0) is 15.7 Å². The summed E-state index contributed by atoms with van der Waals surface area (Å²) in [7, 11) is 0. The third-order valence-corrected chi connectivity index (χ3v) is 3.53. The SMILES string of the molecule is O=C(COC(=O)c1cccc(C(F)(F)F)c1)Nc1cc(Cl)ccc1Cl. The summed E-state index contributed by atoms with van der Waals surface area (Å²) in [5.74, 6) is -1.78. The first-order valence-electron chi connectivity index (χ1n) is 6.76. The van der Waals surface area contributed by atoms with Gasteiger partial charge in [-0.1, -0.05) is 29.3 Å². The van der Waals surface area contributed by atoms with Crippen molar-refractivity contribution < 1.29 is 27.5 Å². The summed E-state index contributed by atoms with van der Waals surface area (Å²) < 4.78 is 42.6. The number of nitrogens with one attached hydrogen (secondary N) is 1. The lowest BCUT2D eigenvalue weighted by Crippen LogP contribution is -2.21. The maximum Gasteiger partial charge on any atom is 0.416 e. The van der Waals surface area contributed by atoms with E-state index >= 15 is 0 Å². The van der Waals surface area contributed by atoms with E-state index in [1.807, 2.05) is 0 Å². The molecular weight excluding hydrogens is 382 g/mol. The fourth-order valence-electron chi connectivity index (χ4n) is 1.82. The summed E-state index contributed by atoms with van der Waals surface area (Å²) in [4.78, 5) is 23.6. The van der Waals surface area contributed by atoms with Crippen molar-refractivity contribution in [3.8, 4) is 0 Å². The van der Waals surface area contributed by atoms with Gasteiger partial charge >= 0.3 is 12.1 Å². The van der Waals surface area contributed by atoms with Crippen molar-refractivity contribution in [3.05, 3.63) is 63.6 Å². The Morgan fingerprint density at radius 1 is 1.08 bits per heavy atom. The minimum absolute atomic E-state index is 0.217. The molecule has 0 aliphatic rings. The maximum absolute atomic E-state index is 12.6. The Bertz CT molecular complexity index is 809. The van der Waals surface area contributed by atoms with Gasteiger partial charge in [-0.15, -0.1) is 0 Å². The van der Waals surface area contributed by atoms with Crippen molar-refractivity contribution in [3.63, 3.8) is 0 Å². The number of anilines is 1. The van der Waals surface area contributed by atoms with Crippen molar-refractivity contribution in [2.45, 2.75) is 6.18 Å². The number of hydrogen-bond donors (Lipinski definition) is 1. The molecule has 2 aromatic carbocycles. The van der Waals surface area contributed by atoms with Gasteiger partial charge in [0.1, 0.15) is 0 Å². The van der Waals surface area contributed by atoms with Crippen LogP contribution >= 0.6 is 23.2 Å². The number of alkyl halides is 3. The van der Waals surface area contributed by atoms with Crippen molar-refractivity contribution in [2.75, 3.05) is 11.9 Å². The smallest absolute Gasteiger partial charge is 0.416 e. The van der Waals surface area contributed by atoms with E-state index in [1.54, 1.807) is 0 Å². The first-order valence-corrected chi connectivity index (χ1v) is 7.51. The molecule has 132 valence electrons. The molecule has 25 heavy (non-hydrogen) atoms. The van der Waals surface area contributed by atoms with Crippen LogP contribution in [0.2, 0.25) is 10.0 Å².